The summed E-state index contributed by atoms with van der Waals surface area (Å²) < 4.78 is 4.98. The Balaban J connectivity index is 2.76. The van der Waals surface area contributed by atoms with E-state index in [2.05, 4.69) is 11.4 Å². The molecule has 3 heteroatoms. The molecule has 1 aliphatic heterocycles. The van der Waals surface area contributed by atoms with Crippen LogP contribution < -0.4 is 0 Å². The van der Waals surface area contributed by atoms with E-state index in [9.17, 15) is 4.79 Å². The van der Waals surface area contributed by atoms with Gasteiger partial charge in [0.2, 0.25) is 0 Å². The third-order valence-electron chi connectivity index (χ3n) is 1.92. The molecule has 10 heavy (non-hydrogen) atoms. The van der Waals surface area contributed by atoms with Crippen LogP contribution in [0.2, 0.25) is 0 Å². The van der Waals surface area contributed by atoms with Crippen LogP contribution in [0, 0.1) is 0 Å². The Bertz CT molecular complexity index is 170. The number of ether oxygens (including phenoxy) is 1. The standard InChI is InChI=1S/C7H10NO2/c1-3-7(4-2)6(9)8-5-10-7/h3-4H2,1-2H3. The van der Waals surface area contributed by atoms with E-state index in [0.29, 0.717) is 12.8 Å². The van der Waals surface area contributed by atoms with E-state index in [-0.39, 0.29) is 5.91 Å². The van der Waals surface area contributed by atoms with E-state index in [1.54, 1.807) is 0 Å². The van der Waals surface area contributed by atoms with Crippen molar-refractivity contribution in [1.29, 1.82) is 0 Å². The van der Waals surface area contributed by atoms with Crippen LogP contribution in [0.25, 0.3) is 0 Å². The van der Waals surface area contributed by atoms with Crippen LogP contribution in [0.4, 0.5) is 0 Å². The summed E-state index contributed by atoms with van der Waals surface area (Å²) >= 11 is 0. The first-order valence-electron chi connectivity index (χ1n) is 3.43. The molecule has 3 nitrogen and oxygen atoms in total. The Morgan fingerprint density at radius 1 is 1.60 bits per heavy atom. The second-order valence-corrected chi connectivity index (χ2v) is 2.31. The van der Waals surface area contributed by atoms with Gasteiger partial charge in [-0.3, -0.25) is 4.79 Å². The first-order chi connectivity index (χ1) is 4.75. The normalized spacial score (nSPS) is 21.2. The summed E-state index contributed by atoms with van der Waals surface area (Å²) in [5.41, 5.74) is -0.681. The smallest absolute Gasteiger partial charge is 0.293 e. The van der Waals surface area contributed by atoms with Crippen LogP contribution in [-0.4, -0.2) is 17.9 Å². The number of hydrogen-bond acceptors (Lipinski definition) is 2. The lowest BCUT2D eigenvalue weighted by molar-refractivity contribution is -0.131. The molecule has 0 unspecified atom stereocenters. The highest BCUT2D eigenvalue weighted by Crippen LogP contribution is 2.24. The van der Waals surface area contributed by atoms with Gasteiger partial charge in [0.25, 0.3) is 12.3 Å². The van der Waals surface area contributed by atoms with E-state index in [4.69, 9.17) is 4.74 Å². The average molecular weight is 140 g/mol. The van der Waals surface area contributed by atoms with Crippen molar-refractivity contribution in [2.75, 3.05) is 0 Å². The minimum Gasteiger partial charge on any atom is -0.457 e. The fraction of sp³-hybridized carbons (Fsp3) is 0.714. The molecule has 55 valence electrons. The van der Waals surface area contributed by atoms with E-state index in [1.165, 1.54) is 0 Å². The Morgan fingerprint density at radius 2 is 2.20 bits per heavy atom. The molecule has 0 fully saturated rings. The highest BCUT2D eigenvalue weighted by Gasteiger charge is 2.40. The van der Waals surface area contributed by atoms with Crippen molar-refractivity contribution >= 4 is 12.3 Å². The second kappa shape index (κ2) is 2.40. The zero-order valence-corrected chi connectivity index (χ0v) is 6.18. The summed E-state index contributed by atoms with van der Waals surface area (Å²) in [6, 6.07) is 0. The second-order valence-electron chi connectivity index (χ2n) is 2.31. The third kappa shape index (κ3) is 0.818. The molecule has 1 amide bonds. The van der Waals surface area contributed by atoms with Crippen LogP contribution in [0.5, 0.6) is 0 Å². The summed E-state index contributed by atoms with van der Waals surface area (Å²) in [5, 5.41) is 0. The minimum atomic E-state index is -0.681. The van der Waals surface area contributed by atoms with Gasteiger partial charge in [-0.05, 0) is 12.8 Å². The molecule has 1 heterocycles. The largest absolute Gasteiger partial charge is 0.457 e. The maximum Gasteiger partial charge on any atom is 0.293 e. The van der Waals surface area contributed by atoms with Gasteiger partial charge >= 0.3 is 0 Å². The first-order valence-corrected chi connectivity index (χ1v) is 3.43. The molecule has 1 rings (SSSR count). The summed E-state index contributed by atoms with van der Waals surface area (Å²) in [5.74, 6) is -0.197. The molecule has 0 aliphatic carbocycles. The van der Waals surface area contributed by atoms with Gasteiger partial charge in [-0.2, -0.15) is 4.99 Å². The minimum absolute atomic E-state index is 0.197. The summed E-state index contributed by atoms with van der Waals surface area (Å²) in [4.78, 5) is 14.4. The number of carbonyl (C=O) groups excluding carboxylic acids is 1. The van der Waals surface area contributed by atoms with Crippen molar-refractivity contribution in [1.82, 2.24) is 0 Å². The maximum absolute atomic E-state index is 11.0. The highest BCUT2D eigenvalue weighted by atomic mass is 16.5. The van der Waals surface area contributed by atoms with E-state index < -0.39 is 5.60 Å². The SMILES string of the molecule is CCC1(CC)O[C]=NC1=O. The van der Waals surface area contributed by atoms with Crippen LogP contribution in [0.3, 0.4) is 0 Å². The lowest BCUT2D eigenvalue weighted by Crippen LogP contribution is -2.34. The molecule has 0 atom stereocenters. The number of aliphatic imine (C=N–C) groups is 1. The Hall–Kier alpha value is -0.860. The maximum atomic E-state index is 11.0. The Kier molecular flexibility index (Phi) is 1.74. The Labute approximate surface area is 60.1 Å². The Morgan fingerprint density at radius 3 is 2.40 bits per heavy atom. The predicted octanol–water partition coefficient (Wildman–Crippen LogP) is 1.01. The molecule has 1 aliphatic rings. The molecule has 0 saturated heterocycles. The van der Waals surface area contributed by atoms with E-state index in [0.717, 1.165) is 0 Å². The molecule has 0 N–H and O–H groups in total. The van der Waals surface area contributed by atoms with Gasteiger partial charge in [-0.25, -0.2) is 0 Å². The molecule has 0 saturated carbocycles. The monoisotopic (exact) mass is 140 g/mol. The fourth-order valence-electron chi connectivity index (χ4n) is 0.994. The van der Waals surface area contributed by atoms with Crippen molar-refractivity contribution in [3.63, 3.8) is 0 Å². The van der Waals surface area contributed by atoms with Gasteiger partial charge in [0.15, 0.2) is 5.60 Å². The lowest BCUT2D eigenvalue weighted by Gasteiger charge is -2.20. The van der Waals surface area contributed by atoms with Gasteiger partial charge in [-0.1, -0.05) is 13.8 Å². The number of carbonyl (C=O) groups is 1. The van der Waals surface area contributed by atoms with Crippen LogP contribution in [-0.2, 0) is 9.53 Å². The summed E-state index contributed by atoms with van der Waals surface area (Å²) in [6.45, 7) is 3.81. The lowest BCUT2D eigenvalue weighted by atomic mass is 9.97. The zero-order chi connectivity index (χ0) is 7.61. The van der Waals surface area contributed by atoms with Crippen molar-refractivity contribution in [2.24, 2.45) is 4.99 Å². The fourth-order valence-corrected chi connectivity index (χ4v) is 0.994. The number of nitrogens with zero attached hydrogens (tertiary/aromatic N) is 1. The number of rotatable bonds is 2. The topological polar surface area (TPSA) is 38.7 Å². The summed E-state index contributed by atoms with van der Waals surface area (Å²) in [6.07, 6.45) is 3.57. The van der Waals surface area contributed by atoms with E-state index >= 15 is 0 Å². The molecular weight excluding hydrogens is 130 g/mol. The van der Waals surface area contributed by atoms with Gasteiger partial charge in [0.05, 0.1) is 0 Å². The van der Waals surface area contributed by atoms with Crippen molar-refractivity contribution < 1.29 is 9.53 Å². The predicted molar refractivity (Wildman–Crippen MR) is 36.8 cm³/mol. The van der Waals surface area contributed by atoms with Gasteiger partial charge in [0, 0.05) is 0 Å². The molecule has 0 aromatic rings. The molecule has 1 radical (unpaired) electrons. The molecule has 0 aromatic carbocycles. The van der Waals surface area contributed by atoms with E-state index in [1.807, 2.05) is 13.8 Å². The van der Waals surface area contributed by atoms with Gasteiger partial charge in [-0.15, -0.1) is 0 Å². The van der Waals surface area contributed by atoms with Gasteiger partial charge in [0.1, 0.15) is 0 Å². The quantitative estimate of drug-likeness (QED) is 0.574. The van der Waals surface area contributed by atoms with Crippen LogP contribution in [0.1, 0.15) is 26.7 Å². The first kappa shape index (κ1) is 7.25. The summed E-state index contributed by atoms with van der Waals surface area (Å²) in [7, 11) is 0. The van der Waals surface area contributed by atoms with Gasteiger partial charge < -0.3 is 4.74 Å². The molecule has 0 aromatic heterocycles. The molecule has 0 bridgehead atoms. The van der Waals surface area contributed by atoms with Crippen molar-refractivity contribution in [2.45, 2.75) is 32.3 Å². The third-order valence-corrected chi connectivity index (χ3v) is 1.92. The zero-order valence-electron chi connectivity index (χ0n) is 6.18. The van der Waals surface area contributed by atoms with Crippen LogP contribution >= 0.6 is 0 Å². The van der Waals surface area contributed by atoms with Crippen molar-refractivity contribution in [3.05, 3.63) is 0 Å². The number of amides is 1. The highest BCUT2D eigenvalue weighted by molar-refractivity contribution is 5.95. The molecular formula is C7H10NO2. The van der Waals surface area contributed by atoms with Crippen molar-refractivity contribution in [3.8, 4) is 0 Å². The average Bonchev–Trinajstić information content (AvgIpc) is 2.32. The van der Waals surface area contributed by atoms with Crippen LogP contribution in [0.15, 0.2) is 4.99 Å². The number of hydrogen-bond donors (Lipinski definition) is 0. The molecule has 0 spiro atoms.